The van der Waals surface area contributed by atoms with Crippen molar-refractivity contribution >= 4 is 0 Å². The van der Waals surface area contributed by atoms with Crippen LogP contribution >= 0.6 is 0 Å². The van der Waals surface area contributed by atoms with Crippen molar-refractivity contribution in [3.63, 3.8) is 0 Å². The molecule has 1 N–H and O–H groups in total. The van der Waals surface area contributed by atoms with Crippen LogP contribution < -0.4 is 5.32 Å². The zero-order valence-electron chi connectivity index (χ0n) is 10.5. The fraction of sp³-hybridized carbons (Fsp3) is 0.333. The average molecular weight is 226 g/mol. The molecule has 3 rings (SSSR count). The molecule has 1 aromatic carbocycles. The highest BCUT2D eigenvalue weighted by atomic mass is 15.0. The normalized spacial score (nSPS) is 14.7. The van der Waals surface area contributed by atoms with Crippen LogP contribution in [-0.4, -0.2) is 11.1 Å². The number of rotatable bonds is 1. The number of aryl methyl sites for hydroxylation is 1. The van der Waals surface area contributed by atoms with Crippen molar-refractivity contribution in [2.75, 3.05) is 6.54 Å². The van der Waals surface area contributed by atoms with Gasteiger partial charge in [0, 0.05) is 25.0 Å². The third-order valence-electron chi connectivity index (χ3n) is 3.66. The lowest BCUT2D eigenvalue weighted by Gasteiger charge is -2.15. The first-order valence-electron chi connectivity index (χ1n) is 6.21. The molecule has 1 aromatic heterocycles. The summed E-state index contributed by atoms with van der Waals surface area (Å²) in [4.78, 5) is 0. The molecule has 0 spiro atoms. The van der Waals surface area contributed by atoms with Crippen LogP contribution in [0, 0.1) is 6.92 Å². The van der Waals surface area contributed by atoms with Crippen LogP contribution in [0.3, 0.4) is 0 Å². The molecule has 2 heteroatoms. The van der Waals surface area contributed by atoms with Gasteiger partial charge < -0.3 is 9.88 Å². The molecule has 2 nitrogen and oxygen atoms in total. The maximum absolute atomic E-state index is 3.43. The predicted molar refractivity (Wildman–Crippen MR) is 71.0 cm³/mol. The van der Waals surface area contributed by atoms with E-state index in [0.717, 1.165) is 19.5 Å². The first-order valence-corrected chi connectivity index (χ1v) is 6.21. The van der Waals surface area contributed by atoms with Crippen LogP contribution in [0.2, 0.25) is 0 Å². The molecule has 1 aliphatic rings. The van der Waals surface area contributed by atoms with E-state index in [1.807, 2.05) is 0 Å². The molecule has 0 saturated heterocycles. The Hall–Kier alpha value is -1.54. The predicted octanol–water partition coefficient (Wildman–Crippen LogP) is 2.65. The minimum atomic E-state index is 0.998. The molecule has 0 radical (unpaired) electrons. The van der Waals surface area contributed by atoms with E-state index in [9.17, 15) is 0 Å². The number of benzene rings is 1. The summed E-state index contributed by atoms with van der Waals surface area (Å²) in [7, 11) is 2.17. The lowest BCUT2D eigenvalue weighted by atomic mass is 10.1. The largest absolute Gasteiger partial charge is 0.346 e. The Kier molecular flexibility index (Phi) is 2.52. The minimum absolute atomic E-state index is 0.998. The van der Waals surface area contributed by atoms with Crippen molar-refractivity contribution in [2.24, 2.45) is 7.05 Å². The number of aromatic nitrogens is 1. The minimum Gasteiger partial charge on any atom is -0.346 e. The van der Waals surface area contributed by atoms with Gasteiger partial charge in [-0.3, -0.25) is 0 Å². The first-order chi connectivity index (χ1) is 8.25. The van der Waals surface area contributed by atoms with Gasteiger partial charge in [-0.2, -0.15) is 0 Å². The Morgan fingerprint density at radius 1 is 1.18 bits per heavy atom. The Bertz CT molecular complexity index is 535. The standard InChI is InChI=1S/C15H18N2/c1-11-3-5-12(6-4-11)14-9-13-7-8-16-10-15(13)17(14)2/h3-6,9,16H,7-8,10H2,1-2H3. The van der Waals surface area contributed by atoms with E-state index >= 15 is 0 Å². The zero-order valence-corrected chi connectivity index (χ0v) is 10.5. The summed E-state index contributed by atoms with van der Waals surface area (Å²) >= 11 is 0. The molecule has 0 atom stereocenters. The second-order valence-electron chi connectivity index (χ2n) is 4.85. The van der Waals surface area contributed by atoms with Crippen LogP contribution in [-0.2, 0) is 20.0 Å². The third-order valence-corrected chi connectivity index (χ3v) is 3.66. The highest BCUT2D eigenvalue weighted by molar-refractivity contribution is 5.63. The molecule has 0 saturated carbocycles. The quantitative estimate of drug-likeness (QED) is 0.791. The van der Waals surface area contributed by atoms with E-state index in [-0.39, 0.29) is 0 Å². The SMILES string of the molecule is Cc1ccc(-c2cc3c(n2C)CNCC3)cc1. The number of fused-ring (bicyclic) bond motifs is 1. The van der Waals surface area contributed by atoms with Crippen LogP contribution in [0.4, 0.5) is 0 Å². The first kappa shape index (κ1) is 10.6. The molecule has 0 unspecified atom stereocenters. The number of nitrogens with one attached hydrogen (secondary N) is 1. The summed E-state index contributed by atoms with van der Waals surface area (Å²) in [6, 6.07) is 11.1. The van der Waals surface area contributed by atoms with Gasteiger partial charge in [-0.05, 0) is 37.1 Å². The molecule has 0 bridgehead atoms. The highest BCUT2D eigenvalue weighted by Crippen LogP contribution is 2.27. The summed E-state index contributed by atoms with van der Waals surface area (Å²) in [5.41, 5.74) is 6.90. The van der Waals surface area contributed by atoms with Crippen molar-refractivity contribution in [3.8, 4) is 11.3 Å². The average Bonchev–Trinajstić information content (AvgIpc) is 2.69. The van der Waals surface area contributed by atoms with Gasteiger partial charge in [0.2, 0.25) is 0 Å². The number of hydrogen-bond donors (Lipinski definition) is 1. The summed E-state index contributed by atoms with van der Waals surface area (Å²) in [6.07, 6.45) is 1.15. The van der Waals surface area contributed by atoms with E-state index in [0.29, 0.717) is 0 Å². The van der Waals surface area contributed by atoms with Crippen LogP contribution in [0.15, 0.2) is 30.3 Å². The monoisotopic (exact) mass is 226 g/mol. The van der Waals surface area contributed by atoms with Crippen molar-refractivity contribution < 1.29 is 0 Å². The smallest absolute Gasteiger partial charge is 0.0483 e. The second-order valence-corrected chi connectivity index (χ2v) is 4.85. The Morgan fingerprint density at radius 3 is 2.65 bits per heavy atom. The van der Waals surface area contributed by atoms with Gasteiger partial charge in [0.1, 0.15) is 0 Å². The van der Waals surface area contributed by atoms with E-state index in [1.165, 1.54) is 28.1 Å². The second kappa shape index (κ2) is 4.04. The van der Waals surface area contributed by atoms with Gasteiger partial charge in [-0.25, -0.2) is 0 Å². The van der Waals surface area contributed by atoms with Crippen LogP contribution in [0.5, 0.6) is 0 Å². The molecule has 88 valence electrons. The van der Waals surface area contributed by atoms with Crippen molar-refractivity contribution in [2.45, 2.75) is 19.9 Å². The van der Waals surface area contributed by atoms with Gasteiger partial charge >= 0.3 is 0 Å². The molecule has 17 heavy (non-hydrogen) atoms. The molecule has 0 amide bonds. The maximum Gasteiger partial charge on any atom is 0.0483 e. The van der Waals surface area contributed by atoms with E-state index in [1.54, 1.807) is 0 Å². The van der Waals surface area contributed by atoms with Crippen LogP contribution in [0.1, 0.15) is 16.8 Å². The summed E-state index contributed by atoms with van der Waals surface area (Å²) in [6.45, 7) is 4.23. The fourth-order valence-corrected chi connectivity index (χ4v) is 2.59. The lowest BCUT2D eigenvalue weighted by Crippen LogP contribution is -2.24. The molecular weight excluding hydrogens is 208 g/mol. The van der Waals surface area contributed by atoms with Crippen molar-refractivity contribution in [1.29, 1.82) is 0 Å². The molecule has 1 aliphatic heterocycles. The summed E-state index contributed by atoms with van der Waals surface area (Å²) in [5.74, 6) is 0. The number of nitrogens with zero attached hydrogens (tertiary/aromatic N) is 1. The van der Waals surface area contributed by atoms with Crippen LogP contribution in [0.25, 0.3) is 11.3 Å². The Morgan fingerprint density at radius 2 is 1.94 bits per heavy atom. The third kappa shape index (κ3) is 1.79. The van der Waals surface area contributed by atoms with Gasteiger partial charge in [-0.15, -0.1) is 0 Å². The Labute approximate surface area is 102 Å². The molecule has 2 heterocycles. The molecule has 2 aromatic rings. The van der Waals surface area contributed by atoms with Gasteiger partial charge in [0.05, 0.1) is 0 Å². The van der Waals surface area contributed by atoms with E-state index in [4.69, 9.17) is 0 Å². The summed E-state index contributed by atoms with van der Waals surface area (Å²) in [5, 5.41) is 3.43. The molecule has 0 fully saturated rings. The fourth-order valence-electron chi connectivity index (χ4n) is 2.59. The van der Waals surface area contributed by atoms with E-state index in [2.05, 4.69) is 54.2 Å². The zero-order chi connectivity index (χ0) is 11.8. The lowest BCUT2D eigenvalue weighted by molar-refractivity contribution is 0.611. The van der Waals surface area contributed by atoms with Crippen molar-refractivity contribution in [3.05, 3.63) is 47.2 Å². The number of hydrogen-bond acceptors (Lipinski definition) is 1. The highest BCUT2D eigenvalue weighted by Gasteiger charge is 2.16. The Balaban J connectivity index is 2.09. The molecule has 0 aliphatic carbocycles. The maximum atomic E-state index is 3.43. The summed E-state index contributed by atoms with van der Waals surface area (Å²) < 4.78 is 2.33. The topological polar surface area (TPSA) is 17.0 Å². The van der Waals surface area contributed by atoms with Crippen molar-refractivity contribution in [1.82, 2.24) is 9.88 Å². The van der Waals surface area contributed by atoms with Gasteiger partial charge in [0.15, 0.2) is 0 Å². The van der Waals surface area contributed by atoms with Gasteiger partial charge in [0.25, 0.3) is 0 Å². The van der Waals surface area contributed by atoms with E-state index < -0.39 is 0 Å². The molecular formula is C15H18N2. The van der Waals surface area contributed by atoms with Gasteiger partial charge in [-0.1, -0.05) is 29.8 Å².